The first-order chi connectivity index (χ1) is 5.79. The predicted octanol–water partition coefficient (Wildman–Crippen LogP) is 0.108. The van der Waals surface area contributed by atoms with E-state index in [0.29, 0.717) is 12.3 Å². The van der Waals surface area contributed by atoms with Crippen molar-refractivity contribution in [1.29, 1.82) is 0 Å². The van der Waals surface area contributed by atoms with Gasteiger partial charge in [-0.1, -0.05) is 0 Å². The van der Waals surface area contributed by atoms with Gasteiger partial charge in [-0.2, -0.15) is 5.10 Å². The highest BCUT2D eigenvalue weighted by atomic mass is 16.5. The minimum absolute atomic E-state index is 0.448. The first-order valence-corrected chi connectivity index (χ1v) is 3.65. The Labute approximate surface area is 68.4 Å². The number of aromatic nitrogens is 2. The third-order valence-electron chi connectivity index (χ3n) is 1.89. The van der Waals surface area contributed by atoms with E-state index in [0.717, 1.165) is 12.0 Å². The molecule has 12 heavy (non-hydrogen) atoms. The fraction of sp³-hybridized carbons (Fsp3) is 0.429. The molecule has 0 aliphatic carbocycles. The molecule has 0 spiro atoms. The van der Waals surface area contributed by atoms with E-state index in [2.05, 4.69) is 10.2 Å². The third-order valence-corrected chi connectivity index (χ3v) is 1.89. The summed E-state index contributed by atoms with van der Waals surface area (Å²) in [5.74, 6) is -0.972. The lowest BCUT2D eigenvalue weighted by Crippen LogP contribution is -2.22. The van der Waals surface area contributed by atoms with Crippen molar-refractivity contribution in [3.63, 3.8) is 0 Å². The smallest absolute Gasteiger partial charge is 0.339 e. The molecule has 0 fully saturated rings. The molecule has 0 radical (unpaired) electrons. The molecule has 2 heterocycles. The molecule has 1 unspecified atom stereocenters. The van der Waals surface area contributed by atoms with Gasteiger partial charge in [-0.3, -0.25) is 5.10 Å². The molecule has 5 nitrogen and oxygen atoms in total. The van der Waals surface area contributed by atoms with Gasteiger partial charge in [0, 0.05) is 0 Å². The fourth-order valence-corrected chi connectivity index (χ4v) is 1.31. The van der Waals surface area contributed by atoms with E-state index in [9.17, 15) is 4.79 Å². The van der Waals surface area contributed by atoms with Gasteiger partial charge in [-0.25, -0.2) is 4.79 Å². The Morgan fingerprint density at radius 1 is 1.83 bits per heavy atom. The Morgan fingerprint density at radius 2 is 2.67 bits per heavy atom. The molecule has 0 bridgehead atoms. The van der Waals surface area contributed by atoms with Crippen LogP contribution in [0.1, 0.15) is 17.4 Å². The number of rotatable bonds is 1. The molecule has 0 saturated heterocycles. The summed E-state index contributed by atoms with van der Waals surface area (Å²) in [6.45, 7) is 0.448. The Hall–Kier alpha value is -1.36. The third kappa shape index (κ3) is 0.984. The molecule has 64 valence electrons. The van der Waals surface area contributed by atoms with Gasteiger partial charge in [0.1, 0.15) is 0 Å². The minimum atomic E-state index is -0.972. The minimum Gasteiger partial charge on any atom is -0.479 e. The number of nitrogens with zero attached hydrogens (tertiary/aromatic N) is 1. The Balaban J connectivity index is 2.37. The SMILES string of the molecule is O=C(O)C1OCCc2cn[nH]c21. The highest BCUT2D eigenvalue weighted by Gasteiger charge is 2.28. The van der Waals surface area contributed by atoms with Crippen molar-refractivity contribution in [1.82, 2.24) is 10.2 Å². The van der Waals surface area contributed by atoms with Crippen LogP contribution < -0.4 is 0 Å². The molecule has 0 aromatic carbocycles. The van der Waals surface area contributed by atoms with E-state index in [1.54, 1.807) is 6.20 Å². The van der Waals surface area contributed by atoms with Crippen LogP contribution in [0.3, 0.4) is 0 Å². The van der Waals surface area contributed by atoms with E-state index in [1.165, 1.54) is 0 Å². The van der Waals surface area contributed by atoms with Gasteiger partial charge >= 0.3 is 5.97 Å². The second kappa shape index (κ2) is 2.60. The van der Waals surface area contributed by atoms with E-state index in [-0.39, 0.29) is 0 Å². The standard InChI is InChI=1S/C7H8N2O3/c10-7(11)6-5-4(1-2-12-6)3-8-9-5/h3,6H,1-2H2,(H,8,9)(H,10,11). The van der Waals surface area contributed by atoms with Crippen molar-refractivity contribution in [2.75, 3.05) is 6.61 Å². The summed E-state index contributed by atoms with van der Waals surface area (Å²) >= 11 is 0. The van der Waals surface area contributed by atoms with Crippen LogP contribution >= 0.6 is 0 Å². The van der Waals surface area contributed by atoms with Crippen molar-refractivity contribution in [2.45, 2.75) is 12.5 Å². The molecule has 1 atom stereocenters. The summed E-state index contributed by atoms with van der Waals surface area (Å²) in [6, 6.07) is 0. The van der Waals surface area contributed by atoms with Gasteiger partial charge in [-0.15, -0.1) is 0 Å². The summed E-state index contributed by atoms with van der Waals surface area (Å²) in [6.07, 6.45) is 1.51. The monoisotopic (exact) mass is 168 g/mol. The van der Waals surface area contributed by atoms with Crippen LogP contribution in [-0.2, 0) is 16.0 Å². The lowest BCUT2D eigenvalue weighted by Gasteiger charge is -2.18. The van der Waals surface area contributed by atoms with Crippen molar-refractivity contribution in [3.8, 4) is 0 Å². The lowest BCUT2D eigenvalue weighted by atomic mass is 10.1. The average molecular weight is 168 g/mol. The summed E-state index contributed by atoms with van der Waals surface area (Å²) in [5, 5.41) is 15.1. The number of ether oxygens (including phenoxy) is 1. The Bertz CT molecular complexity index is 307. The van der Waals surface area contributed by atoms with E-state index >= 15 is 0 Å². The molecule has 5 heteroatoms. The number of carbonyl (C=O) groups is 1. The maximum Gasteiger partial charge on any atom is 0.339 e. The number of fused-ring (bicyclic) bond motifs is 1. The zero-order valence-electron chi connectivity index (χ0n) is 6.28. The van der Waals surface area contributed by atoms with Gasteiger partial charge in [0.15, 0.2) is 6.10 Å². The normalized spacial score (nSPS) is 21.8. The molecule has 2 rings (SSSR count). The van der Waals surface area contributed by atoms with Gasteiger partial charge in [-0.05, 0) is 12.0 Å². The van der Waals surface area contributed by atoms with Crippen LogP contribution in [0.2, 0.25) is 0 Å². The lowest BCUT2D eigenvalue weighted by molar-refractivity contribution is -0.152. The van der Waals surface area contributed by atoms with Crippen molar-refractivity contribution in [3.05, 3.63) is 17.5 Å². The zero-order chi connectivity index (χ0) is 8.55. The first-order valence-electron chi connectivity index (χ1n) is 3.65. The number of carboxylic acids is 1. The molecule has 0 amide bonds. The summed E-state index contributed by atoms with van der Waals surface area (Å²) in [7, 11) is 0. The highest BCUT2D eigenvalue weighted by Crippen LogP contribution is 2.24. The Morgan fingerprint density at radius 3 is 3.42 bits per heavy atom. The number of nitrogens with one attached hydrogen (secondary N) is 1. The van der Waals surface area contributed by atoms with Crippen LogP contribution in [0.5, 0.6) is 0 Å². The molecular weight excluding hydrogens is 160 g/mol. The van der Waals surface area contributed by atoms with Crippen LogP contribution in [0, 0.1) is 0 Å². The second-order valence-electron chi connectivity index (χ2n) is 2.65. The highest BCUT2D eigenvalue weighted by molar-refractivity contribution is 5.74. The molecule has 1 aliphatic rings. The van der Waals surface area contributed by atoms with Crippen LogP contribution in [0.15, 0.2) is 6.20 Å². The number of aliphatic carboxylic acids is 1. The number of H-pyrrole nitrogens is 1. The molecule has 1 aromatic rings. The van der Waals surface area contributed by atoms with Crippen molar-refractivity contribution < 1.29 is 14.6 Å². The molecule has 1 aliphatic heterocycles. The maximum absolute atomic E-state index is 10.6. The number of hydrogen-bond donors (Lipinski definition) is 2. The van der Waals surface area contributed by atoms with Crippen molar-refractivity contribution >= 4 is 5.97 Å². The van der Waals surface area contributed by atoms with E-state index in [4.69, 9.17) is 9.84 Å². The van der Waals surface area contributed by atoms with Crippen LogP contribution in [-0.4, -0.2) is 27.9 Å². The summed E-state index contributed by atoms with van der Waals surface area (Å²) < 4.78 is 5.05. The molecule has 0 saturated carbocycles. The van der Waals surface area contributed by atoms with E-state index < -0.39 is 12.1 Å². The van der Waals surface area contributed by atoms with Crippen molar-refractivity contribution in [2.24, 2.45) is 0 Å². The number of hydrogen-bond acceptors (Lipinski definition) is 3. The van der Waals surface area contributed by atoms with Crippen LogP contribution in [0.25, 0.3) is 0 Å². The largest absolute Gasteiger partial charge is 0.479 e. The van der Waals surface area contributed by atoms with Gasteiger partial charge in [0.25, 0.3) is 0 Å². The first kappa shape index (κ1) is 7.30. The summed E-state index contributed by atoms with van der Waals surface area (Å²) in [4.78, 5) is 10.6. The van der Waals surface area contributed by atoms with Crippen LogP contribution in [0.4, 0.5) is 0 Å². The maximum atomic E-state index is 10.6. The molecule has 1 aromatic heterocycles. The molecular formula is C7H8N2O3. The summed E-state index contributed by atoms with van der Waals surface area (Å²) in [5.41, 5.74) is 1.52. The molecule has 2 N–H and O–H groups in total. The van der Waals surface area contributed by atoms with E-state index in [1.807, 2.05) is 0 Å². The number of aromatic amines is 1. The number of carboxylic acid groups (broad SMARTS) is 1. The average Bonchev–Trinajstić information content (AvgIpc) is 2.49. The van der Waals surface area contributed by atoms with Gasteiger partial charge < -0.3 is 9.84 Å². The van der Waals surface area contributed by atoms with Gasteiger partial charge in [0.05, 0.1) is 18.5 Å². The zero-order valence-corrected chi connectivity index (χ0v) is 6.28. The quantitative estimate of drug-likeness (QED) is 0.624. The second-order valence-corrected chi connectivity index (χ2v) is 2.65. The fourth-order valence-electron chi connectivity index (χ4n) is 1.31. The predicted molar refractivity (Wildman–Crippen MR) is 38.6 cm³/mol. The van der Waals surface area contributed by atoms with Gasteiger partial charge in [0.2, 0.25) is 0 Å². The Kier molecular flexibility index (Phi) is 1.58. The topological polar surface area (TPSA) is 75.2 Å².